The van der Waals surface area contributed by atoms with E-state index in [9.17, 15) is 19.5 Å². The van der Waals surface area contributed by atoms with Crippen molar-refractivity contribution in [2.45, 2.75) is 53.9 Å². The van der Waals surface area contributed by atoms with Crippen LogP contribution in [0.15, 0.2) is 0 Å². The molecule has 0 saturated carbocycles. The van der Waals surface area contributed by atoms with Crippen molar-refractivity contribution in [3.05, 3.63) is 0 Å². The molecule has 0 radical (unpaired) electrons. The van der Waals surface area contributed by atoms with Crippen LogP contribution in [0.3, 0.4) is 0 Å². The van der Waals surface area contributed by atoms with E-state index in [1.54, 1.807) is 13.8 Å². The van der Waals surface area contributed by atoms with Crippen LogP contribution in [-0.4, -0.2) is 36.0 Å². The summed E-state index contributed by atoms with van der Waals surface area (Å²) in [6.45, 7) is 9.34. The number of hydrogen-bond donors (Lipinski definition) is 3. The summed E-state index contributed by atoms with van der Waals surface area (Å²) >= 11 is 0. The first-order valence-electron chi connectivity index (χ1n) is 7.33. The van der Waals surface area contributed by atoms with Gasteiger partial charge in [0, 0.05) is 13.0 Å². The lowest BCUT2D eigenvalue weighted by atomic mass is 9.82. The summed E-state index contributed by atoms with van der Waals surface area (Å²) in [4.78, 5) is 34.6. The van der Waals surface area contributed by atoms with E-state index in [1.165, 1.54) is 0 Å². The average Bonchev–Trinajstić information content (AvgIpc) is 2.35. The molecule has 0 atom stereocenters. The Hall–Kier alpha value is -1.59. The summed E-state index contributed by atoms with van der Waals surface area (Å²) in [6, 6.07) is 0. The first kappa shape index (κ1) is 19.4. The van der Waals surface area contributed by atoms with Crippen molar-refractivity contribution in [3.63, 3.8) is 0 Å². The molecule has 0 heterocycles. The van der Waals surface area contributed by atoms with Crippen LogP contribution < -0.4 is 10.6 Å². The summed E-state index contributed by atoms with van der Waals surface area (Å²) in [7, 11) is 0. The van der Waals surface area contributed by atoms with Gasteiger partial charge >= 0.3 is 5.97 Å². The van der Waals surface area contributed by atoms with Crippen LogP contribution in [0.4, 0.5) is 0 Å². The van der Waals surface area contributed by atoms with Gasteiger partial charge in [-0.3, -0.25) is 14.4 Å². The maximum atomic E-state index is 11.7. The van der Waals surface area contributed by atoms with E-state index in [4.69, 9.17) is 0 Å². The Bertz CT molecular complexity index is 382. The van der Waals surface area contributed by atoms with Crippen LogP contribution in [-0.2, 0) is 14.4 Å². The van der Waals surface area contributed by atoms with Crippen LogP contribution in [0.5, 0.6) is 0 Å². The van der Waals surface area contributed by atoms with Gasteiger partial charge in [0.1, 0.15) is 0 Å². The van der Waals surface area contributed by atoms with Crippen LogP contribution in [0.1, 0.15) is 53.9 Å². The molecule has 122 valence electrons. The SMILES string of the molecule is CCC(CC)(CNC(=O)CNC(=O)CC(C)(C)C)C(=O)O. The fourth-order valence-corrected chi connectivity index (χ4v) is 1.93. The van der Waals surface area contributed by atoms with Gasteiger partial charge in [0.25, 0.3) is 0 Å². The molecule has 0 aliphatic rings. The Kier molecular flexibility index (Phi) is 7.39. The van der Waals surface area contributed by atoms with Crippen molar-refractivity contribution in [1.82, 2.24) is 10.6 Å². The Labute approximate surface area is 126 Å². The van der Waals surface area contributed by atoms with E-state index in [1.807, 2.05) is 20.8 Å². The number of carboxylic acid groups (broad SMARTS) is 1. The van der Waals surface area contributed by atoms with Gasteiger partial charge in [0.2, 0.25) is 11.8 Å². The predicted octanol–water partition coefficient (Wildman–Crippen LogP) is 1.55. The van der Waals surface area contributed by atoms with E-state index in [-0.39, 0.29) is 30.3 Å². The standard InChI is InChI=1S/C15H28N2O4/c1-6-15(7-2,13(20)21)10-17-12(19)9-16-11(18)8-14(3,4)5/h6-10H2,1-5H3,(H,16,18)(H,17,19)(H,20,21). The Balaban J connectivity index is 4.27. The molecule has 21 heavy (non-hydrogen) atoms. The van der Waals surface area contributed by atoms with Crippen molar-refractivity contribution >= 4 is 17.8 Å². The van der Waals surface area contributed by atoms with Crippen LogP contribution >= 0.6 is 0 Å². The predicted molar refractivity (Wildman–Crippen MR) is 80.7 cm³/mol. The smallest absolute Gasteiger partial charge is 0.311 e. The van der Waals surface area contributed by atoms with Crippen molar-refractivity contribution in [2.24, 2.45) is 10.8 Å². The van der Waals surface area contributed by atoms with Crippen molar-refractivity contribution in [1.29, 1.82) is 0 Å². The number of rotatable bonds is 8. The van der Waals surface area contributed by atoms with E-state index in [0.29, 0.717) is 19.3 Å². The second-order valence-corrected chi connectivity index (χ2v) is 6.58. The third kappa shape index (κ3) is 7.11. The van der Waals surface area contributed by atoms with E-state index < -0.39 is 11.4 Å². The van der Waals surface area contributed by atoms with E-state index >= 15 is 0 Å². The summed E-state index contributed by atoms with van der Waals surface area (Å²) in [6.07, 6.45) is 1.22. The zero-order valence-corrected chi connectivity index (χ0v) is 13.7. The molecule has 0 saturated heterocycles. The zero-order valence-electron chi connectivity index (χ0n) is 13.7. The maximum absolute atomic E-state index is 11.7. The van der Waals surface area contributed by atoms with Crippen molar-refractivity contribution < 1.29 is 19.5 Å². The fraction of sp³-hybridized carbons (Fsp3) is 0.800. The highest BCUT2D eigenvalue weighted by molar-refractivity contribution is 5.85. The van der Waals surface area contributed by atoms with Crippen molar-refractivity contribution in [3.8, 4) is 0 Å². The van der Waals surface area contributed by atoms with Gasteiger partial charge in [-0.2, -0.15) is 0 Å². The lowest BCUT2D eigenvalue weighted by Crippen LogP contribution is -2.45. The molecule has 6 nitrogen and oxygen atoms in total. The van der Waals surface area contributed by atoms with Gasteiger partial charge in [-0.1, -0.05) is 34.6 Å². The third-order valence-electron chi connectivity index (χ3n) is 3.57. The third-order valence-corrected chi connectivity index (χ3v) is 3.57. The molecule has 2 amide bonds. The summed E-state index contributed by atoms with van der Waals surface area (Å²) in [5, 5.41) is 14.4. The highest BCUT2D eigenvalue weighted by Gasteiger charge is 2.35. The summed E-state index contributed by atoms with van der Waals surface area (Å²) < 4.78 is 0. The number of amides is 2. The summed E-state index contributed by atoms with van der Waals surface area (Å²) in [5.74, 6) is -1.47. The van der Waals surface area contributed by atoms with Crippen molar-refractivity contribution in [2.75, 3.05) is 13.1 Å². The number of nitrogens with one attached hydrogen (secondary N) is 2. The molecular formula is C15H28N2O4. The fourth-order valence-electron chi connectivity index (χ4n) is 1.93. The minimum Gasteiger partial charge on any atom is -0.481 e. The first-order valence-corrected chi connectivity index (χ1v) is 7.33. The summed E-state index contributed by atoms with van der Waals surface area (Å²) in [5.41, 5.74) is -1.07. The lowest BCUT2D eigenvalue weighted by molar-refractivity contribution is -0.149. The Morgan fingerprint density at radius 2 is 1.48 bits per heavy atom. The molecule has 0 rings (SSSR count). The quantitative estimate of drug-likeness (QED) is 0.633. The van der Waals surface area contributed by atoms with Gasteiger partial charge in [-0.05, 0) is 18.3 Å². The molecule has 0 aromatic carbocycles. The molecule has 0 bridgehead atoms. The highest BCUT2D eigenvalue weighted by Crippen LogP contribution is 2.25. The highest BCUT2D eigenvalue weighted by atomic mass is 16.4. The molecule has 0 fully saturated rings. The Morgan fingerprint density at radius 3 is 1.86 bits per heavy atom. The molecule has 0 unspecified atom stereocenters. The maximum Gasteiger partial charge on any atom is 0.311 e. The average molecular weight is 300 g/mol. The molecule has 0 aliphatic heterocycles. The topological polar surface area (TPSA) is 95.5 Å². The molecular weight excluding hydrogens is 272 g/mol. The molecule has 0 aliphatic carbocycles. The number of hydrogen-bond acceptors (Lipinski definition) is 3. The van der Waals surface area contributed by atoms with E-state index in [0.717, 1.165) is 0 Å². The molecule has 0 spiro atoms. The number of carboxylic acids is 1. The molecule has 3 N–H and O–H groups in total. The number of carbonyl (C=O) groups excluding carboxylic acids is 2. The normalized spacial score (nSPS) is 11.9. The van der Waals surface area contributed by atoms with Gasteiger partial charge in [-0.15, -0.1) is 0 Å². The van der Waals surface area contributed by atoms with Gasteiger partial charge in [0.15, 0.2) is 0 Å². The van der Waals surface area contributed by atoms with Gasteiger partial charge in [-0.25, -0.2) is 0 Å². The minimum atomic E-state index is -0.939. The van der Waals surface area contributed by atoms with Gasteiger partial charge < -0.3 is 15.7 Å². The van der Waals surface area contributed by atoms with Gasteiger partial charge in [0.05, 0.1) is 12.0 Å². The monoisotopic (exact) mass is 300 g/mol. The van der Waals surface area contributed by atoms with Crippen LogP contribution in [0.25, 0.3) is 0 Å². The van der Waals surface area contributed by atoms with Crippen LogP contribution in [0.2, 0.25) is 0 Å². The first-order chi connectivity index (χ1) is 9.56. The Morgan fingerprint density at radius 1 is 0.952 bits per heavy atom. The number of aliphatic carboxylic acids is 1. The molecule has 0 aromatic heterocycles. The minimum absolute atomic E-state index is 0.0727. The zero-order chi connectivity index (χ0) is 16.7. The second kappa shape index (κ2) is 8.00. The molecule has 0 aromatic rings. The van der Waals surface area contributed by atoms with Crippen LogP contribution in [0, 0.1) is 10.8 Å². The lowest BCUT2D eigenvalue weighted by Gasteiger charge is -2.26. The number of carbonyl (C=O) groups is 3. The largest absolute Gasteiger partial charge is 0.481 e. The second-order valence-electron chi connectivity index (χ2n) is 6.58. The van der Waals surface area contributed by atoms with E-state index in [2.05, 4.69) is 10.6 Å². The molecule has 6 heteroatoms.